The van der Waals surface area contributed by atoms with Gasteiger partial charge in [0.2, 0.25) is 5.78 Å². The Kier molecular flexibility index (Phi) is 6.14. The molecule has 1 rings (SSSR count). The first-order chi connectivity index (χ1) is 10.2. The molecule has 0 aromatic heterocycles. The molecule has 8 heteroatoms. The number of carbonyl (C=O) groups is 1. The second-order valence-corrected chi connectivity index (χ2v) is 7.63. The van der Waals surface area contributed by atoms with Crippen LogP contribution in [0.15, 0.2) is 35.8 Å². The number of hydroxylamine groups is 2. The number of aliphatic hydroxyl groups excluding tert-OH is 1. The van der Waals surface area contributed by atoms with Crippen LogP contribution in [0.25, 0.3) is 0 Å². The molecule has 0 saturated heterocycles. The molecule has 0 amide bonds. The molecule has 0 saturated carbocycles. The predicted molar refractivity (Wildman–Crippen MR) is 81.5 cm³/mol. The van der Waals surface area contributed by atoms with Crippen molar-refractivity contribution in [1.29, 1.82) is 0 Å². The van der Waals surface area contributed by atoms with Crippen LogP contribution in [0.1, 0.15) is 27.7 Å². The van der Waals surface area contributed by atoms with Crippen LogP contribution in [0.3, 0.4) is 0 Å². The molecule has 0 fully saturated rings. The lowest BCUT2D eigenvalue weighted by Gasteiger charge is -2.37. The maximum Gasteiger partial charge on any atom is 0.357 e. The van der Waals surface area contributed by atoms with Crippen LogP contribution in [0.5, 0.6) is 0 Å². The Morgan fingerprint density at radius 2 is 1.82 bits per heavy atom. The largest absolute Gasteiger partial charge is 0.504 e. The van der Waals surface area contributed by atoms with Gasteiger partial charge in [0.1, 0.15) is 0 Å². The maximum atomic E-state index is 12.8. The van der Waals surface area contributed by atoms with Crippen LogP contribution in [0.2, 0.25) is 0 Å². The van der Waals surface area contributed by atoms with Crippen LogP contribution in [-0.4, -0.2) is 39.7 Å². The van der Waals surface area contributed by atoms with Crippen molar-refractivity contribution in [2.75, 3.05) is 13.2 Å². The summed E-state index contributed by atoms with van der Waals surface area (Å²) in [4.78, 5) is 11.2. The van der Waals surface area contributed by atoms with E-state index >= 15 is 0 Å². The molecule has 22 heavy (non-hydrogen) atoms. The van der Waals surface area contributed by atoms with E-state index in [1.165, 1.54) is 38.3 Å². The van der Waals surface area contributed by atoms with Gasteiger partial charge in [0.25, 0.3) is 0 Å². The van der Waals surface area contributed by atoms with Gasteiger partial charge in [-0.2, -0.15) is 0 Å². The van der Waals surface area contributed by atoms with Crippen molar-refractivity contribution >= 4 is 13.4 Å². The SMILES string of the molecule is CCOP(=O)(OCC)C(C)(C)N(O)C=C1C=CC(=O)C(O)=C1. The fraction of sp³-hybridized carbons (Fsp3) is 0.500. The minimum absolute atomic E-state index is 0.167. The van der Waals surface area contributed by atoms with Crippen molar-refractivity contribution in [3.63, 3.8) is 0 Å². The normalized spacial score (nSPS) is 17.8. The average molecular weight is 331 g/mol. The van der Waals surface area contributed by atoms with Crippen LogP contribution in [0, 0.1) is 0 Å². The van der Waals surface area contributed by atoms with Gasteiger partial charge in [-0.1, -0.05) is 0 Å². The quantitative estimate of drug-likeness (QED) is 0.546. The van der Waals surface area contributed by atoms with Gasteiger partial charge in [0, 0.05) is 6.20 Å². The minimum atomic E-state index is -3.62. The molecule has 7 nitrogen and oxygen atoms in total. The van der Waals surface area contributed by atoms with Gasteiger partial charge in [-0.3, -0.25) is 14.6 Å². The van der Waals surface area contributed by atoms with Crippen molar-refractivity contribution in [3.8, 4) is 0 Å². The Balaban J connectivity index is 3.08. The second kappa shape index (κ2) is 7.24. The van der Waals surface area contributed by atoms with Crippen LogP contribution < -0.4 is 0 Å². The third kappa shape index (κ3) is 3.87. The number of hydrogen-bond acceptors (Lipinski definition) is 7. The van der Waals surface area contributed by atoms with Crippen molar-refractivity contribution < 1.29 is 28.7 Å². The van der Waals surface area contributed by atoms with E-state index in [1.807, 2.05) is 0 Å². The highest BCUT2D eigenvalue weighted by atomic mass is 31.2. The molecular weight excluding hydrogens is 309 g/mol. The molecule has 0 aromatic rings. The maximum absolute atomic E-state index is 12.8. The van der Waals surface area contributed by atoms with Gasteiger partial charge < -0.3 is 14.2 Å². The Hall–Kier alpha value is -1.40. The summed E-state index contributed by atoms with van der Waals surface area (Å²) in [5.41, 5.74) is 0.368. The molecule has 1 aliphatic rings. The number of allylic oxidation sites excluding steroid dienone is 4. The first-order valence-electron chi connectivity index (χ1n) is 6.90. The van der Waals surface area contributed by atoms with Gasteiger partial charge in [-0.15, -0.1) is 0 Å². The predicted octanol–water partition coefficient (Wildman–Crippen LogP) is 3.14. The Bertz CT molecular complexity index is 554. The molecule has 0 aliphatic heterocycles. The Morgan fingerprint density at radius 3 is 2.27 bits per heavy atom. The Morgan fingerprint density at radius 1 is 1.27 bits per heavy atom. The first kappa shape index (κ1) is 18.6. The first-order valence-corrected chi connectivity index (χ1v) is 8.44. The van der Waals surface area contributed by atoms with Crippen LogP contribution in [0.4, 0.5) is 0 Å². The third-order valence-electron chi connectivity index (χ3n) is 3.08. The van der Waals surface area contributed by atoms with E-state index in [2.05, 4.69) is 0 Å². The molecule has 0 radical (unpaired) electrons. The molecular formula is C14H22NO6P. The molecule has 0 heterocycles. The van der Waals surface area contributed by atoms with Crippen molar-refractivity contribution in [2.24, 2.45) is 0 Å². The standard InChI is InChI=1S/C14H22NO6P/c1-5-20-22(19,21-6-2)14(3,4)15(18)10-11-7-8-12(16)13(17)9-11/h7-10,17-18H,5-6H2,1-4H3. The van der Waals surface area contributed by atoms with E-state index in [9.17, 15) is 19.7 Å². The third-order valence-corrected chi connectivity index (χ3v) is 5.82. The van der Waals surface area contributed by atoms with Crippen LogP contribution >= 0.6 is 7.60 Å². The minimum Gasteiger partial charge on any atom is -0.504 e. The summed E-state index contributed by atoms with van der Waals surface area (Å²) in [6.45, 7) is 6.71. The van der Waals surface area contributed by atoms with E-state index < -0.39 is 24.4 Å². The number of aliphatic hydroxyl groups is 1. The summed E-state index contributed by atoms with van der Waals surface area (Å²) >= 11 is 0. The van der Waals surface area contributed by atoms with E-state index in [0.29, 0.717) is 10.6 Å². The Labute approximate surface area is 130 Å². The van der Waals surface area contributed by atoms with E-state index in [0.717, 1.165) is 0 Å². The molecule has 124 valence electrons. The highest BCUT2D eigenvalue weighted by Gasteiger charge is 2.47. The number of nitrogens with zero attached hydrogens (tertiary/aromatic N) is 1. The van der Waals surface area contributed by atoms with Gasteiger partial charge in [0.15, 0.2) is 11.0 Å². The molecule has 0 spiro atoms. The summed E-state index contributed by atoms with van der Waals surface area (Å²) in [6.07, 6.45) is 5.04. The number of ketones is 1. The fourth-order valence-electron chi connectivity index (χ4n) is 1.73. The molecule has 0 aromatic carbocycles. The fourth-order valence-corrected chi connectivity index (χ4v) is 3.43. The summed E-state index contributed by atoms with van der Waals surface area (Å²) in [6, 6.07) is 0. The zero-order valence-corrected chi connectivity index (χ0v) is 14.0. The van der Waals surface area contributed by atoms with E-state index in [1.54, 1.807) is 13.8 Å². The molecule has 0 atom stereocenters. The zero-order chi connectivity index (χ0) is 17.0. The molecule has 1 aliphatic carbocycles. The number of hydrogen-bond donors (Lipinski definition) is 2. The van der Waals surface area contributed by atoms with Crippen molar-refractivity contribution in [3.05, 3.63) is 35.8 Å². The van der Waals surface area contributed by atoms with E-state index in [-0.39, 0.29) is 13.2 Å². The summed E-state index contributed by atoms with van der Waals surface area (Å²) in [5, 5.41) is 19.0. The van der Waals surface area contributed by atoms with Crippen LogP contribution in [-0.2, 0) is 18.4 Å². The number of rotatable bonds is 7. The smallest absolute Gasteiger partial charge is 0.357 e. The molecule has 0 bridgehead atoms. The summed E-state index contributed by atoms with van der Waals surface area (Å²) in [5.74, 6) is -0.951. The van der Waals surface area contributed by atoms with Gasteiger partial charge in [-0.05, 0) is 51.5 Å². The van der Waals surface area contributed by atoms with Gasteiger partial charge >= 0.3 is 7.60 Å². The highest BCUT2D eigenvalue weighted by molar-refractivity contribution is 7.55. The summed E-state index contributed by atoms with van der Waals surface area (Å²) < 4.78 is 23.3. The van der Waals surface area contributed by atoms with Gasteiger partial charge in [0.05, 0.1) is 13.2 Å². The lowest BCUT2D eigenvalue weighted by Crippen LogP contribution is -2.39. The topological polar surface area (TPSA) is 96.3 Å². The highest BCUT2D eigenvalue weighted by Crippen LogP contribution is 2.60. The molecule has 0 unspecified atom stereocenters. The monoisotopic (exact) mass is 331 g/mol. The van der Waals surface area contributed by atoms with Crippen molar-refractivity contribution in [2.45, 2.75) is 33.0 Å². The second-order valence-electron chi connectivity index (χ2n) is 5.03. The van der Waals surface area contributed by atoms with E-state index in [4.69, 9.17) is 9.05 Å². The average Bonchev–Trinajstić information content (AvgIpc) is 2.43. The zero-order valence-electron chi connectivity index (χ0n) is 13.1. The van der Waals surface area contributed by atoms with Crippen molar-refractivity contribution in [1.82, 2.24) is 5.06 Å². The lowest BCUT2D eigenvalue weighted by molar-refractivity contribution is -0.113. The summed E-state index contributed by atoms with van der Waals surface area (Å²) in [7, 11) is -3.62. The lowest BCUT2D eigenvalue weighted by atomic mass is 10.1. The number of carbonyl (C=O) groups excluding carboxylic acids is 1. The van der Waals surface area contributed by atoms with Gasteiger partial charge in [-0.25, -0.2) is 5.06 Å². The molecule has 2 N–H and O–H groups in total.